The first-order chi connectivity index (χ1) is 9.95. The van der Waals surface area contributed by atoms with E-state index in [9.17, 15) is 9.59 Å². The molecule has 0 aliphatic rings. The van der Waals surface area contributed by atoms with E-state index in [0.29, 0.717) is 31.6 Å². The topological polar surface area (TPSA) is 69.6 Å². The van der Waals surface area contributed by atoms with Gasteiger partial charge in [-0.05, 0) is 31.9 Å². The molecular formula is C16H22N2O3. The van der Waals surface area contributed by atoms with Crippen molar-refractivity contribution in [2.45, 2.75) is 20.3 Å². The number of carbonyl (C=O) groups excluding carboxylic acids is 1. The van der Waals surface area contributed by atoms with Crippen LogP contribution in [0.15, 0.2) is 36.4 Å². The molecule has 0 spiro atoms. The maximum absolute atomic E-state index is 12.0. The standard InChI is InChI=1S/C16H22N2O3/c1-4-18(11-12(2)3)16(21)17-10-9-13-7-5-6-8-14(13)15(19)20/h5-8H,2,4,9-11H2,1,3H3,(H,17,21)(H,19,20). The summed E-state index contributed by atoms with van der Waals surface area (Å²) < 4.78 is 0. The van der Waals surface area contributed by atoms with E-state index in [1.165, 1.54) is 0 Å². The monoisotopic (exact) mass is 290 g/mol. The van der Waals surface area contributed by atoms with Gasteiger partial charge in [0.15, 0.2) is 0 Å². The minimum Gasteiger partial charge on any atom is -0.478 e. The van der Waals surface area contributed by atoms with Crippen LogP contribution in [0.1, 0.15) is 29.8 Å². The molecule has 0 unspecified atom stereocenters. The number of benzene rings is 1. The van der Waals surface area contributed by atoms with Gasteiger partial charge < -0.3 is 15.3 Å². The molecule has 2 N–H and O–H groups in total. The lowest BCUT2D eigenvalue weighted by Crippen LogP contribution is -2.41. The highest BCUT2D eigenvalue weighted by Crippen LogP contribution is 2.09. The molecule has 2 amide bonds. The maximum Gasteiger partial charge on any atom is 0.335 e. The molecule has 0 heterocycles. The summed E-state index contributed by atoms with van der Waals surface area (Å²) in [5.41, 5.74) is 1.91. The Morgan fingerprint density at radius 3 is 2.57 bits per heavy atom. The van der Waals surface area contributed by atoms with Gasteiger partial charge in [0.1, 0.15) is 0 Å². The van der Waals surface area contributed by atoms with Crippen LogP contribution in [-0.4, -0.2) is 41.6 Å². The Hall–Kier alpha value is -2.30. The molecule has 0 saturated heterocycles. The SMILES string of the molecule is C=C(C)CN(CC)C(=O)NCCc1ccccc1C(=O)O. The van der Waals surface area contributed by atoms with Gasteiger partial charge in [0.05, 0.1) is 5.56 Å². The number of nitrogens with one attached hydrogen (secondary N) is 1. The Bertz CT molecular complexity index is 526. The molecule has 0 aliphatic heterocycles. The van der Waals surface area contributed by atoms with Crippen LogP contribution >= 0.6 is 0 Å². The third-order valence-corrected chi connectivity index (χ3v) is 3.05. The van der Waals surface area contributed by atoms with Crippen LogP contribution in [-0.2, 0) is 6.42 Å². The smallest absolute Gasteiger partial charge is 0.335 e. The number of aromatic carboxylic acids is 1. The summed E-state index contributed by atoms with van der Waals surface area (Å²) in [5.74, 6) is -0.950. The normalized spacial score (nSPS) is 10.0. The molecule has 0 fully saturated rings. The molecule has 0 aromatic heterocycles. The number of rotatable bonds is 7. The molecule has 21 heavy (non-hydrogen) atoms. The van der Waals surface area contributed by atoms with Gasteiger partial charge in [-0.1, -0.05) is 30.4 Å². The molecule has 1 rings (SSSR count). The van der Waals surface area contributed by atoms with Crippen molar-refractivity contribution in [2.24, 2.45) is 0 Å². The predicted molar refractivity (Wildman–Crippen MR) is 82.6 cm³/mol. The third kappa shape index (κ3) is 5.30. The average molecular weight is 290 g/mol. The molecule has 0 atom stereocenters. The van der Waals surface area contributed by atoms with Gasteiger partial charge in [0.2, 0.25) is 0 Å². The summed E-state index contributed by atoms with van der Waals surface area (Å²) in [6.07, 6.45) is 0.485. The van der Waals surface area contributed by atoms with E-state index in [1.54, 1.807) is 29.2 Å². The van der Waals surface area contributed by atoms with Crippen molar-refractivity contribution in [3.8, 4) is 0 Å². The number of amides is 2. The molecule has 5 nitrogen and oxygen atoms in total. The maximum atomic E-state index is 12.0. The van der Waals surface area contributed by atoms with Crippen LogP contribution in [0.25, 0.3) is 0 Å². The predicted octanol–water partition coefficient (Wildman–Crippen LogP) is 2.53. The van der Waals surface area contributed by atoms with Crippen molar-refractivity contribution in [1.82, 2.24) is 10.2 Å². The number of urea groups is 1. The number of nitrogens with zero attached hydrogens (tertiary/aromatic N) is 1. The third-order valence-electron chi connectivity index (χ3n) is 3.05. The van der Waals surface area contributed by atoms with Gasteiger partial charge in [-0.25, -0.2) is 9.59 Å². The van der Waals surface area contributed by atoms with Crippen molar-refractivity contribution in [3.05, 3.63) is 47.5 Å². The fourth-order valence-corrected chi connectivity index (χ4v) is 2.02. The van der Waals surface area contributed by atoms with Crippen LogP contribution in [0.4, 0.5) is 4.79 Å². The second kappa shape index (κ2) is 8.09. The van der Waals surface area contributed by atoms with Crippen LogP contribution in [0.3, 0.4) is 0 Å². The van der Waals surface area contributed by atoms with Gasteiger partial charge in [0, 0.05) is 19.6 Å². The number of carbonyl (C=O) groups is 2. The lowest BCUT2D eigenvalue weighted by atomic mass is 10.0. The van der Waals surface area contributed by atoms with Crippen LogP contribution in [0, 0.1) is 0 Å². The fourth-order valence-electron chi connectivity index (χ4n) is 2.02. The summed E-state index contributed by atoms with van der Waals surface area (Å²) in [6.45, 7) is 9.10. The van der Waals surface area contributed by atoms with Gasteiger partial charge in [0.25, 0.3) is 0 Å². The van der Waals surface area contributed by atoms with Gasteiger partial charge >= 0.3 is 12.0 Å². The number of hydrogen-bond acceptors (Lipinski definition) is 2. The summed E-state index contributed by atoms with van der Waals surface area (Å²) in [6, 6.07) is 6.66. The zero-order valence-electron chi connectivity index (χ0n) is 12.6. The molecule has 114 valence electrons. The summed E-state index contributed by atoms with van der Waals surface area (Å²) in [7, 11) is 0. The Balaban J connectivity index is 2.55. The lowest BCUT2D eigenvalue weighted by Gasteiger charge is -2.21. The van der Waals surface area contributed by atoms with E-state index in [1.807, 2.05) is 13.8 Å². The number of hydrogen-bond donors (Lipinski definition) is 2. The molecule has 1 aromatic rings. The zero-order valence-corrected chi connectivity index (χ0v) is 12.6. The summed E-state index contributed by atoms with van der Waals surface area (Å²) in [4.78, 5) is 24.7. The first kappa shape index (κ1) is 16.8. The van der Waals surface area contributed by atoms with Crippen molar-refractivity contribution in [2.75, 3.05) is 19.6 Å². The van der Waals surface area contributed by atoms with Gasteiger partial charge in [-0.15, -0.1) is 0 Å². The second-order valence-corrected chi connectivity index (χ2v) is 4.92. The van der Waals surface area contributed by atoms with Crippen molar-refractivity contribution >= 4 is 12.0 Å². The number of likely N-dealkylation sites (N-methyl/N-ethyl adjacent to an activating group) is 1. The van der Waals surface area contributed by atoms with E-state index < -0.39 is 5.97 Å². The molecule has 0 bridgehead atoms. The minimum absolute atomic E-state index is 0.159. The van der Waals surface area contributed by atoms with E-state index in [0.717, 1.165) is 5.57 Å². The molecule has 0 aliphatic carbocycles. The highest BCUT2D eigenvalue weighted by Gasteiger charge is 2.12. The van der Waals surface area contributed by atoms with Gasteiger partial charge in [-0.3, -0.25) is 0 Å². The Kier molecular flexibility index (Phi) is 6.46. The van der Waals surface area contributed by atoms with Crippen molar-refractivity contribution < 1.29 is 14.7 Å². The van der Waals surface area contributed by atoms with E-state index >= 15 is 0 Å². The minimum atomic E-state index is -0.950. The fraction of sp³-hybridized carbons (Fsp3) is 0.375. The second-order valence-electron chi connectivity index (χ2n) is 4.92. The zero-order chi connectivity index (χ0) is 15.8. The van der Waals surface area contributed by atoms with Gasteiger partial charge in [-0.2, -0.15) is 0 Å². The van der Waals surface area contributed by atoms with Crippen LogP contribution in [0.5, 0.6) is 0 Å². The first-order valence-electron chi connectivity index (χ1n) is 6.94. The molecule has 1 aromatic carbocycles. The largest absolute Gasteiger partial charge is 0.478 e. The van der Waals surface area contributed by atoms with Crippen molar-refractivity contribution in [1.29, 1.82) is 0 Å². The highest BCUT2D eigenvalue weighted by atomic mass is 16.4. The molecule has 0 radical (unpaired) electrons. The first-order valence-corrected chi connectivity index (χ1v) is 6.94. The lowest BCUT2D eigenvalue weighted by molar-refractivity contribution is 0.0695. The molecular weight excluding hydrogens is 268 g/mol. The summed E-state index contributed by atoms with van der Waals surface area (Å²) >= 11 is 0. The Labute approximate surface area is 125 Å². The van der Waals surface area contributed by atoms with Crippen LogP contribution in [0.2, 0.25) is 0 Å². The quantitative estimate of drug-likeness (QED) is 0.758. The number of carboxylic acids is 1. The van der Waals surface area contributed by atoms with Crippen LogP contribution < -0.4 is 5.32 Å². The van der Waals surface area contributed by atoms with Crippen molar-refractivity contribution in [3.63, 3.8) is 0 Å². The van der Waals surface area contributed by atoms with E-state index in [2.05, 4.69) is 11.9 Å². The number of carboxylic acid groups (broad SMARTS) is 1. The molecule has 5 heteroatoms. The van der Waals surface area contributed by atoms with E-state index in [4.69, 9.17) is 5.11 Å². The Morgan fingerprint density at radius 2 is 2.00 bits per heavy atom. The average Bonchev–Trinajstić information content (AvgIpc) is 2.44. The van der Waals surface area contributed by atoms with E-state index in [-0.39, 0.29) is 11.6 Å². The highest BCUT2D eigenvalue weighted by molar-refractivity contribution is 5.89. The Morgan fingerprint density at radius 1 is 1.33 bits per heavy atom. The molecule has 0 saturated carbocycles. The summed E-state index contributed by atoms with van der Waals surface area (Å²) in [5, 5.41) is 11.9.